The van der Waals surface area contributed by atoms with E-state index in [0.29, 0.717) is 30.3 Å². The van der Waals surface area contributed by atoms with Crippen LogP contribution in [0, 0.1) is 0 Å². The lowest BCUT2D eigenvalue weighted by atomic mass is 10.2. The molecule has 0 unspecified atom stereocenters. The summed E-state index contributed by atoms with van der Waals surface area (Å²) in [4.78, 5) is 23.6. The topological polar surface area (TPSA) is 89.0 Å². The SMILES string of the molecule is C=CCOc1ccc(/C=N\NC(=O)C(=O)NC2CCCC2)cc1OCC. The molecule has 1 aromatic rings. The van der Waals surface area contributed by atoms with Crippen LogP contribution in [0.2, 0.25) is 0 Å². The Morgan fingerprint density at radius 1 is 1.23 bits per heavy atom. The highest BCUT2D eigenvalue weighted by Gasteiger charge is 2.20. The summed E-state index contributed by atoms with van der Waals surface area (Å²) in [5, 5.41) is 6.54. The van der Waals surface area contributed by atoms with Gasteiger partial charge < -0.3 is 14.8 Å². The van der Waals surface area contributed by atoms with Gasteiger partial charge in [-0.2, -0.15) is 5.10 Å². The van der Waals surface area contributed by atoms with E-state index in [1.54, 1.807) is 24.3 Å². The summed E-state index contributed by atoms with van der Waals surface area (Å²) in [5.41, 5.74) is 2.94. The summed E-state index contributed by atoms with van der Waals surface area (Å²) in [6.07, 6.45) is 7.10. The molecule has 1 fully saturated rings. The van der Waals surface area contributed by atoms with E-state index < -0.39 is 11.8 Å². The van der Waals surface area contributed by atoms with E-state index in [4.69, 9.17) is 9.47 Å². The molecule has 0 aliphatic heterocycles. The largest absolute Gasteiger partial charge is 0.490 e. The Hall–Kier alpha value is -2.83. The molecule has 26 heavy (non-hydrogen) atoms. The third-order valence-electron chi connectivity index (χ3n) is 3.90. The number of amides is 2. The first-order valence-corrected chi connectivity index (χ1v) is 8.78. The van der Waals surface area contributed by atoms with Crippen LogP contribution in [-0.2, 0) is 9.59 Å². The summed E-state index contributed by atoms with van der Waals surface area (Å²) in [6, 6.07) is 5.37. The molecular formula is C19H25N3O4. The quantitative estimate of drug-likeness (QED) is 0.322. The standard InChI is InChI=1S/C19H25N3O4/c1-3-11-26-16-10-9-14(12-17(16)25-4-2)13-20-22-19(24)18(23)21-15-7-5-6-8-15/h3,9-10,12-13,15H,1,4-8,11H2,2H3,(H,21,23)(H,22,24)/b20-13-. The maximum atomic E-state index is 11.8. The Morgan fingerprint density at radius 3 is 2.69 bits per heavy atom. The average molecular weight is 359 g/mol. The van der Waals surface area contributed by atoms with Crippen LogP contribution >= 0.6 is 0 Å². The molecule has 2 N–H and O–H groups in total. The molecule has 2 rings (SSSR count). The Bertz CT molecular complexity index is 667. The first-order chi connectivity index (χ1) is 12.6. The van der Waals surface area contributed by atoms with Crippen molar-refractivity contribution in [1.29, 1.82) is 0 Å². The number of hydrogen-bond donors (Lipinski definition) is 2. The number of carbonyl (C=O) groups is 2. The van der Waals surface area contributed by atoms with Gasteiger partial charge in [0.2, 0.25) is 0 Å². The van der Waals surface area contributed by atoms with Crippen LogP contribution < -0.4 is 20.2 Å². The van der Waals surface area contributed by atoms with Crippen LogP contribution in [0.4, 0.5) is 0 Å². The molecular weight excluding hydrogens is 334 g/mol. The van der Waals surface area contributed by atoms with Gasteiger partial charge in [0, 0.05) is 6.04 Å². The van der Waals surface area contributed by atoms with Gasteiger partial charge in [-0.25, -0.2) is 5.43 Å². The molecule has 0 bridgehead atoms. The number of hydrazone groups is 1. The first kappa shape index (κ1) is 19.5. The molecule has 1 aliphatic rings. The molecule has 140 valence electrons. The zero-order chi connectivity index (χ0) is 18.8. The van der Waals surface area contributed by atoms with Gasteiger partial charge in [0.25, 0.3) is 0 Å². The second kappa shape index (κ2) is 10.2. The number of hydrogen-bond acceptors (Lipinski definition) is 5. The van der Waals surface area contributed by atoms with Crippen molar-refractivity contribution in [2.45, 2.75) is 38.6 Å². The van der Waals surface area contributed by atoms with E-state index in [2.05, 4.69) is 22.4 Å². The zero-order valence-electron chi connectivity index (χ0n) is 15.0. The lowest BCUT2D eigenvalue weighted by molar-refractivity contribution is -0.139. The van der Waals surface area contributed by atoms with Crippen molar-refractivity contribution in [3.63, 3.8) is 0 Å². The van der Waals surface area contributed by atoms with Gasteiger partial charge in [0.1, 0.15) is 6.61 Å². The van der Waals surface area contributed by atoms with E-state index in [0.717, 1.165) is 25.7 Å². The lowest BCUT2D eigenvalue weighted by Crippen LogP contribution is -2.42. The molecule has 0 saturated heterocycles. The smallest absolute Gasteiger partial charge is 0.329 e. The van der Waals surface area contributed by atoms with Crippen molar-refractivity contribution in [3.05, 3.63) is 36.4 Å². The molecule has 7 heteroatoms. The second-order valence-electron chi connectivity index (χ2n) is 5.89. The summed E-state index contributed by atoms with van der Waals surface area (Å²) >= 11 is 0. The highest BCUT2D eigenvalue weighted by Crippen LogP contribution is 2.28. The third kappa shape index (κ3) is 5.91. The van der Waals surface area contributed by atoms with Crippen LogP contribution in [0.3, 0.4) is 0 Å². The molecule has 2 amide bonds. The van der Waals surface area contributed by atoms with E-state index >= 15 is 0 Å². The van der Waals surface area contributed by atoms with Gasteiger partial charge in [0.05, 0.1) is 12.8 Å². The first-order valence-electron chi connectivity index (χ1n) is 8.78. The van der Waals surface area contributed by atoms with E-state index in [1.165, 1.54) is 6.21 Å². The highest BCUT2D eigenvalue weighted by molar-refractivity contribution is 6.35. The number of nitrogens with zero attached hydrogens (tertiary/aromatic N) is 1. The van der Waals surface area contributed by atoms with Crippen molar-refractivity contribution < 1.29 is 19.1 Å². The maximum absolute atomic E-state index is 11.8. The van der Waals surface area contributed by atoms with Gasteiger partial charge in [-0.1, -0.05) is 25.5 Å². The Morgan fingerprint density at radius 2 is 2.00 bits per heavy atom. The van der Waals surface area contributed by atoms with Gasteiger partial charge in [-0.05, 0) is 43.5 Å². The summed E-state index contributed by atoms with van der Waals surface area (Å²) in [7, 11) is 0. The van der Waals surface area contributed by atoms with Crippen LogP contribution in [0.25, 0.3) is 0 Å². The monoisotopic (exact) mass is 359 g/mol. The van der Waals surface area contributed by atoms with Crippen LogP contribution in [0.15, 0.2) is 36.0 Å². The fourth-order valence-corrected chi connectivity index (χ4v) is 2.68. The average Bonchev–Trinajstić information content (AvgIpc) is 3.14. The van der Waals surface area contributed by atoms with Gasteiger partial charge >= 0.3 is 11.8 Å². The summed E-state index contributed by atoms with van der Waals surface area (Å²) in [6.45, 7) is 6.35. The Kier molecular flexibility index (Phi) is 7.67. The molecule has 0 atom stereocenters. The fraction of sp³-hybridized carbons (Fsp3) is 0.421. The summed E-state index contributed by atoms with van der Waals surface area (Å²) in [5.74, 6) is -0.256. The van der Waals surface area contributed by atoms with Crippen molar-refractivity contribution >= 4 is 18.0 Å². The predicted octanol–water partition coefficient (Wildman–Crippen LogP) is 2.16. The molecule has 1 saturated carbocycles. The minimum atomic E-state index is -0.774. The van der Waals surface area contributed by atoms with Crippen LogP contribution in [-0.4, -0.2) is 37.3 Å². The number of benzene rings is 1. The van der Waals surface area contributed by atoms with Gasteiger partial charge in [-0.15, -0.1) is 0 Å². The van der Waals surface area contributed by atoms with Crippen molar-refractivity contribution in [1.82, 2.24) is 10.7 Å². The molecule has 0 spiro atoms. The molecule has 0 radical (unpaired) electrons. The predicted molar refractivity (Wildman–Crippen MR) is 99.4 cm³/mol. The molecule has 7 nitrogen and oxygen atoms in total. The van der Waals surface area contributed by atoms with Crippen molar-refractivity contribution in [2.75, 3.05) is 13.2 Å². The van der Waals surface area contributed by atoms with E-state index in [-0.39, 0.29) is 6.04 Å². The van der Waals surface area contributed by atoms with Crippen LogP contribution in [0.1, 0.15) is 38.2 Å². The normalized spacial score (nSPS) is 14.2. The minimum absolute atomic E-state index is 0.0918. The molecule has 1 aliphatic carbocycles. The zero-order valence-corrected chi connectivity index (χ0v) is 15.0. The molecule has 0 aromatic heterocycles. The minimum Gasteiger partial charge on any atom is -0.490 e. The number of carbonyl (C=O) groups excluding carboxylic acids is 2. The van der Waals surface area contributed by atoms with E-state index in [9.17, 15) is 9.59 Å². The third-order valence-corrected chi connectivity index (χ3v) is 3.90. The van der Waals surface area contributed by atoms with Crippen molar-refractivity contribution in [3.8, 4) is 11.5 Å². The lowest BCUT2D eigenvalue weighted by Gasteiger charge is -2.11. The molecule has 0 heterocycles. The Balaban J connectivity index is 1.91. The van der Waals surface area contributed by atoms with Gasteiger partial charge in [0.15, 0.2) is 11.5 Å². The molecule has 1 aromatic carbocycles. The Labute approximate surface area is 153 Å². The van der Waals surface area contributed by atoms with Gasteiger partial charge in [-0.3, -0.25) is 9.59 Å². The van der Waals surface area contributed by atoms with Crippen LogP contribution in [0.5, 0.6) is 11.5 Å². The van der Waals surface area contributed by atoms with Crippen molar-refractivity contribution in [2.24, 2.45) is 5.10 Å². The number of nitrogens with one attached hydrogen (secondary N) is 2. The highest BCUT2D eigenvalue weighted by atomic mass is 16.5. The van der Waals surface area contributed by atoms with E-state index in [1.807, 2.05) is 6.92 Å². The second-order valence-corrected chi connectivity index (χ2v) is 5.89. The number of rotatable bonds is 8. The number of ether oxygens (including phenoxy) is 2. The summed E-state index contributed by atoms with van der Waals surface area (Å²) < 4.78 is 11.1. The fourth-order valence-electron chi connectivity index (χ4n) is 2.68. The maximum Gasteiger partial charge on any atom is 0.329 e.